The highest BCUT2D eigenvalue weighted by Gasteiger charge is 2.04. The molecule has 1 aromatic rings. The Balaban J connectivity index is 2.76. The molecule has 0 fully saturated rings. The van der Waals surface area contributed by atoms with Gasteiger partial charge in [-0.05, 0) is 36.3 Å². The first-order valence-corrected chi connectivity index (χ1v) is 6.82. The lowest BCUT2D eigenvalue weighted by Crippen LogP contribution is -2.07. The number of amides is 1. The lowest BCUT2D eigenvalue weighted by molar-refractivity contribution is -0.137. The summed E-state index contributed by atoms with van der Waals surface area (Å²) in [5.74, 6) is -0.598. The van der Waals surface area contributed by atoms with Crippen LogP contribution in [-0.2, 0) is 14.3 Å². The molecule has 0 aliphatic carbocycles. The van der Waals surface area contributed by atoms with Crippen molar-refractivity contribution in [1.29, 1.82) is 0 Å². The van der Waals surface area contributed by atoms with Gasteiger partial charge in [0.1, 0.15) is 0 Å². The van der Waals surface area contributed by atoms with Gasteiger partial charge in [-0.15, -0.1) is 0 Å². The smallest absolute Gasteiger partial charge is 0.330 e. The van der Waals surface area contributed by atoms with Gasteiger partial charge in [0.2, 0.25) is 5.91 Å². The summed E-state index contributed by atoms with van der Waals surface area (Å²) in [6.07, 6.45) is 4.71. The first-order valence-electron chi connectivity index (χ1n) is 6.45. The van der Waals surface area contributed by atoms with E-state index < -0.39 is 5.97 Å². The van der Waals surface area contributed by atoms with E-state index in [1.54, 1.807) is 24.3 Å². The molecule has 0 bridgehead atoms. The summed E-state index contributed by atoms with van der Waals surface area (Å²) >= 11 is 5.91. The minimum Gasteiger partial charge on any atom is -0.463 e. The van der Waals surface area contributed by atoms with Gasteiger partial charge in [0.05, 0.1) is 6.61 Å². The Kier molecular flexibility index (Phi) is 6.81. The van der Waals surface area contributed by atoms with E-state index in [9.17, 15) is 9.59 Å². The first kappa shape index (κ1) is 16.2. The Labute approximate surface area is 123 Å². The molecule has 0 radical (unpaired) electrons. The molecule has 0 aliphatic heterocycles. The largest absolute Gasteiger partial charge is 0.463 e. The number of unbranched alkanes of at least 4 members (excludes halogenated alkanes) is 1. The van der Waals surface area contributed by atoms with Crippen LogP contribution >= 0.6 is 11.6 Å². The molecule has 1 N–H and O–H groups in total. The number of ether oxygens (including phenoxy) is 1. The van der Waals surface area contributed by atoms with Crippen molar-refractivity contribution in [2.75, 3.05) is 11.9 Å². The Morgan fingerprint density at radius 2 is 2.15 bits per heavy atom. The molecule has 0 aromatic heterocycles. The number of hydrogen-bond donors (Lipinski definition) is 1. The molecular formula is C15H18ClNO3. The molecule has 0 unspecified atom stereocenters. The number of anilines is 1. The quantitative estimate of drug-likeness (QED) is 0.495. The van der Waals surface area contributed by atoms with Crippen LogP contribution in [0.4, 0.5) is 5.69 Å². The molecule has 108 valence electrons. The highest BCUT2D eigenvalue weighted by atomic mass is 35.5. The van der Waals surface area contributed by atoms with Crippen LogP contribution in [0.5, 0.6) is 0 Å². The van der Waals surface area contributed by atoms with Crippen LogP contribution < -0.4 is 5.32 Å². The topological polar surface area (TPSA) is 55.4 Å². The summed E-state index contributed by atoms with van der Waals surface area (Å²) < 4.78 is 5.01. The fraction of sp³-hybridized carbons (Fsp3) is 0.333. The number of esters is 1. The van der Waals surface area contributed by atoms with Gasteiger partial charge < -0.3 is 10.1 Å². The Morgan fingerprint density at radius 3 is 2.80 bits per heavy atom. The van der Waals surface area contributed by atoms with Crippen LogP contribution in [0.15, 0.2) is 24.3 Å². The predicted molar refractivity (Wildman–Crippen MR) is 80.7 cm³/mol. The van der Waals surface area contributed by atoms with E-state index >= 15 is 0 Å². The molecule has 4 nitrogen and oxygen atoms in total. The minimum atomic E-state index is -0.410. The average Bonchev–Trinajstić information content (AvgIpc) is 2.39. The Hall–Kier alpha value is -1.81. The van der Waals surface area contributed by atoms with Crippen LogP contribution in [0, 0.1) is 0 Å². The van der Waals surface area contributed by atoms with Crippen LogP contribution in [0.2, 0.25) is 5.02 Å². The fourth-order valence-electron chi connectivity index (χ4n) is 1.50. The number of halogens is 1. The van der Waals surface area contributed by atoms with Crippen molar-refractivity contribution < 1.29 is 14.3 Å². The van der Waals surface area contributed by atoms with Crippen molar-refractivity contribution in [3.05, 3.63) is 34.9 Å². The number of benzene rings is 1. The molecule has 0 saturated carbocycles. The number of hydrogen-bond acceptors (Lipinski definition) is 3. The lowest BCUT2D eigenvalue weighted by atomic mass is 10.1. The van der Waals surface area contributed by atoms with Gasteiger partial charge in [-0.1, -0.05) is 24.9 Å². The standard InChI is InChI=1S/C15H18ClNO3/c1-3-4-9-20-15(19)8-5-12-10-13(16)6-7-14(12)17-11(2)18/h5-8,10H,3-4,9H2,1-2H3,(H,17,18)/b8-5+. The van der Waals surface area contributed by atoms with Crippen LogP contribution in [0.1, 0.15) is 32.3 Å². The van der Waals surface area contributed by atoms with Gasteiger partial charge in [0, 0.05) is 23.7 Å². The third-order valence-electron chi connectivity index (χ3n) is 2.47. The second-order valence-corrected chi connectivity index (χ2v) is 4.70. The SMILES string of the molecule is CCCCOC(=O)/C=C/c1cc(Cl)ccc1NC(C)=O. The molecule has 5 heteroatoms. The molecule has 20 heavy (non-hydrogen) atoms. The molecule has 1 amide bonds. The molecular weight excluding hydrogens is 278 g/mol. The molecule has 0 heterocycles. The van der Waals surface area contributed by atoms with Crippen molar-refractivity contribution in [1.82, 2.24) is 0 Å². The maximum absolute atomic E-state index is 11.5. The van der Waals surface area contributed by atoms with Gasteiger partial charge >= 0.3 is 5.97 Å². The zero-order valence-electron chi connectivity index (χ0n) is 11.6. The summed E-state index contributed by atoms with van der Waals surface area (Å²) in [5.41, 5.74) is 1.25. The molecule has 1 aromatic carbocycles. The van der Waals surface area contributed by atoms with Gasteiger partial charge in [-0.2, -0.15) is 0 Å². The monoisotopic (exact) mass is 295 g/mol. The normalized spacial score (nSPS) is 10.6. The summed E-state index contributed by atoms with van der Waals surface area (Å²) in [6, 6.07) is 5.03. The maximum Gasteiger partial charge on any atom is 0.330 e. The number of nitrogens with one attached hydrogen (secondary N) is 1. The minimum absolute atomic E-state index is 0.188. The Bertz CT molecular complexity index is 512. The van der Waals surface area contributed by atoms with Crippen molar-refractivity contribution in [2.24, 2.45) is 0 Å². The predicted octanol–water partition coefficient (Wildman–Crippen LogP) is 3.65. The Morgan fingerprint density at radius 1 is 1.40 bits per heavy atom. The van der Waals surface area contributed by atoms with E-state index in [2.05, 4.69) is 5.32 Å². The summed E-state index contributed by atoms with van der Waals surface area (Å²) in [4.78, 5) is 22.6. The molecule has 0 atom stereocenters. The van der Waals surface area contributed by atoms with Gasteiger partial charge in [-0.25, -0.2) is 4.79 Å². The van der Waals surface area contributed by atoms with E-state index in [0.29, 0.717) is 22.9 Å². The zero-order chi connectivity index (χ0) is 15.0. The second-order valence-electron chi connectivity index (χ2n) is 4.27. The number of carbonyl (C=O) groups excluding carboxylic acids is 2. The van der Waals surface area contributed by atoms with Crippen molar-refractivity contribution >= 4 is 35.2 Å². The van der Waals surface area contributed by atoms with Crippen LogP contribution in [-0.4, -0.2) is 18.5 Å². The highest BCUT2D eigenvalue weighted by Crippen LogP contribution is 2.22. The van der Waals surface area contributed by atoms with Crippen molar-refractivity contribution in [3.8, 4) is 0 Å². The van der Waals surface area contributed by atoms with Crippen molar-refractivity contribution in [3.63, 3.8) is 0 Å². The molecule has 0 saturated heterocycles. The summed E-state index contributed by atoms with van der Waals surface area (Å²) in [6.45, 7) is 3.85. The zero-order valence-corrected chi connectivity index (χ0v) is 12.4. The van der Waals surface area contributed by atoms with E-state index in [1.807, 2.05) is 6.92 Å². The lowest BCUT2D eigenvalue weighted by Gasteiger charge is -2.07. The van der Waals surface area contributed by atoms with Crippen LogP contribution in [0.3, 0.4) is 0 Å². The van der Waals surface area contributed by atoms with Crippen molar-refractivity contribution in [2.45, 2.75) is 26.7 Å². The van der Waals surface area contributed by atoms with E-state index in [0.717, 1.165) is 12.8 Å². The van der Waals surface area contributed by atoms with Gasteiger partial charge in [0.25, 0.3) is 0 Å². The summed E-state index contributed by atoms with van der Waals surface area (Å²) in [7, 11) is 0. The molecule has 0 spiro atoms. The molecule has 0 aliphatic rings. The third-order valence-corrected chi connectivity index (χ3v) is 2.70. The first-order chi connectivity index (χ1) is 9.52. The van der Waals surface area contributed by atoms with Crippen LogP contribution in [0.25, 0.3) is 6.08 Å². The highest BCUT2D eigenvalue weighted by molar-refractivity contribution is 6.30. The average molecular weight is 296 g/mol. The number of rotatable bonds is 6. The van der Waals surface area contributed by atoms with Gasteiger partial charge in [-0.3, -0.25) is 4.79 Å². The second kappa shape index (κ2) is 8.38. The third kappa shape index (κ3) is 5.89. The fourth-order valence-corrected chi connectivity index (χ4v) is 1.68. The number of carbonyl (C=O) groups is 2. The maximum atomic E-state index is 11.5. The van der Waals surface area contributed by atoms with E-state index in [4.69, 9.17) is 16.3 Å². The molecule has 1 rings (SSSR count). The summed E-state index contributed by atoms with van der Waals surface area (Å²) in [5, 5.41) is 3.20. The van der Waals surface area contributed by atoms with E-state index in [1.165, 1.54) is 13.0 Å². The van der Waals surface area contributed by atoms with Gasteiger partial charge in [0.15, 0.2) is 0 Å². The van der Waals surface area contributed by atoms with E-state index in [-0.39, 0.29) is 5.91 Å².